The van der Waals surface area contributed by atoms with Crippen LogP contribution >= 0.6 is 11.6 Å². The van der Waals surface area contributed by atoms with Gasteiger partial charge >= 0.3 is 0 Å². The SMILES string of the molecule is OC1(CNCc2ccc(Cl)cc2)CCNCC1. The Bertz CT molecular complexity index is 347. The number of aliphatic hydroxyl groups is 1. The van der Waals surface area contributed by atoms with Crippen LogP contribution in [0.2, 0.25) is 5.02 Å². The topological polar surface area (TPSA) is 44.3 Å². The fourth-order valence-electron chi connectivity index (χ4n) is 2.11. The van der Waals surface area contributed by atoms with Crippen LogP contribution in [0.15, 0.2) is 24.3 Å². The molecule has 0 radical (unpaired) electrons. The molecule has 94 valence electrons. The second kappa shape index (κ2) is 5.83. The van der Waals surface area contributed by atoms with Crippen molar-refractivity contribution in [1.29, 1.82) is 0 Å². The van der Waals surface area contributed by atoms with Crippen LogP contribution in [-0.4, -0.2) is 30.3 Å². The zero-order valence-corrected chi connectivity index (χ0v) is 10.6. The van der Waals surface area contributed by atoms with Gasteiger partial charge in [-0.15, -0.1) is 0 Å². The first-order valence-electron chi connectivity index (χ1n) is 6.06. The van der Waals surface area contributed by atoms with Gasteiger partial charge in [0.05, 0.1) is 5.60 Å². The summed E-state index contributed by atoms with van der Waals surface area (Å²) in [4.78, 5) is 0. The van der Waals surface area contributed by atoms with Crippen molar-refractivity contribution in [3.8, 4) is 0 Å². The van der Waals surface area contributed by atoms with Gasteiger partial charge in [-0.05, 0) is 43.6 Å². The average molecular weight is 255 g/mol. The molecule has 0 atom stereocenters. The zero-order valence-electron chi connectivity index (χ0n) is 9.88. The molecule has 4 heteroatoms. The lowest BCUT2D eigenvalue weighted by atomic mass is 9.92. The maximum absolute atomic E-state index is 10.3. The molecule has 3 N–H and O–H groups in total. The van der Waals surface area contributed by atoms with E-state index in [9.17, 15) is 5.11 Å². The van der Waals surface area contributed by atoms with Crippen molar-refractivity contribution in [2.75, 3.05) is 19.6 Å². The molecule has 17 heavy (non-hydrogen) atoms. The van der Waals surface area contributed by atoms with Crippen molar-refractivity contribution in [3.05, 3.63) is 34.9 Å². The highest BCUT2D eigenvalue weighted by atomic mass is 35.5. The summed E-state index contributed by atoms with van der Waals surface area (Å²) in [5.41, 5.74) is 0.643. The van der Waals surface area contributed by atoms with E-state index in [1.165, 1.54) is 5.56 Å². The van der Waals surface area contributed by atoms with Gasteiger partial charge in [-0.3, -0.25) is 0 Å². The summed E-state index contributed by atoms with van der Waals surface area (Å²) in [5.74, 6) is 0. The van der Waals surface area contributed by atoms with Crippen molar-refractivity contribution in [2.45, 2.75) is 25.0 Å². The van der Waals surface area contributed by atoms with E-state index in [-0.39, 0.29) is 0 Å². The summed E-state index contributed by atoms with van der Waals surface area (Å²) < 4.78 is 0. The molecule has 0 aromatic heterocycles. The molecule has 0 saturated carbocycles. The van der Waals surface area contributed by atoms with Crippen LogP contribution in [0.25, 0.3) is 0 Å². The summed E-state index contributed by atoms with van der Waals surface area (Å²) in [6.45, 7) is 3.22. The smallest absolute Gasteiger partial charge is 0.0795 e. The third-order valence-corrected chi connectivity index (χ3v) is 3.48. The number of rotatable bonds is 4. The van der Waals surface area contributed by atoms with E-state index in [1.54, 1.807) is 0 Å². The van der Waals surface area contributed by atoms with Gasteiger partial charge < -0.3 is 15.7 Å². The van der Waals surface area contributed by atoms with Crippen LogP contribution in [0.3, 0.4) is 0 Å². The molecule has 1 saturated heterocycles. The highest BCUT2D eigenvalue weighted by Crippen LogP contribution is 2.17. The van der Waals surface area contributed by atoms with Crippen molar-refractivity contribution < 1.29 is 5.11 Å². The largest absolute Gasteiger partial charge is 0.388 e. The molecule has 0 spiro atoms. The first-order valence-corrected chi connectivity index (χ1v) is 6.44. The molecular formula is C13H19ClN2O. The van der Waals surface area contributed by atoms with Gasteiger partial charge in [0.25, 0.3) is 0 Å². The van der Waals surface area contributed by atoms with Crippen LogP contribution < -0.4 is 10.6 Å². The quantitative estimate of drug-likeness (QED) is 0.764. The monoisotopic (exact) mass is 254 g/mol. The summed E-state index contributed by atoms with van der Waals surface area (Å²) >= 11 is 5.82. The van der Waals surface area contributed by atoms with Gasteiger partial charge in [-0.2, -0.15) is 0 Å². The highest BCUT2D eigenvalue weighted by molar-refractivity contribution is 6.30. The van der Waals surface area contributed by atoms with Crippen LogP contribution in [0.5, 0.6) is 0 Å². The normalized spacial score (nSPS) is 19.2. The van der Waals surface area contributed by atoms with E-state index in [4.69, 9.17) is 11.6 Å². The Morgan fingerprint density at radius 3 is 2.53 bits per heavy atom. The second-order valence-corrected chi connectivity index (χ2v) is 5.14. The van der Waals surface area contributed by atoms with E-state index < -0.39 is 5.60 Å². The van der Waals surface area contributed by atoms with Gasteiger partial charge in [0.2, 0.25) is 0 Å². The summed E-state index contributed by atoms with van der Waals surface area (Å²) in [6, 6.07) is 7.78. The van der Waals surface area contributed by atoms with Gasteiger partial charge in [-0.1, -0.05) is 23.7 Å². The van der Waals surface area contributed by atoms with Gasteiger partial charge in [0.1, 0.15) is 0 Å². The highest BCUT2D eigenvalue weighted by Gasteiger charge is 2.28. The van der Waals surface area contributed by atoms with E-state index >= 15 is 0 Å². The minimum absolute atomic E-state index is 0.544. The first-order chi connectivity index (χ1) is 8.18. The Hall–Kier alpha value is -0.610. The molecule has 1 aliphatic rings. The summed E-state index contributed by atoms with van der Waals surface area (Å²) in [5, 5.41) is 17.6. The molecule has 1 heterocycles. The lowest BCUT2D eigenvalue weighted by Gasteiger charge is -2.32. The molecule has 1 aromatic carbocycles. The minimum Gasteiger partial charge on any atom is -0.388 e. The van der Waals surface area contributed by atoms with Crippen LogP contribution in [0.4, 0.5) is 0 Å². The number of nitrogens with one attached hydrogen (secondary N) is 2. The zero-order chi connectivity index (χ0) is 12.1. The van der Waals surface area contributed by atoms with E-state index in [0.29, 0.717) is 6.54 Å². The Morgan fingerprint density at radius 1 is 1.24 bits per heavy atom. The molecule has 0 amide bonds. The number of hydrogen-bond acceptors (Lipinski definition) is 3. The van der Waals surface area contributed by atoms with Crippen LogP contribution in [-0.2, 0) is 6.54 Å². The van der Waals surface area contributed by atoms with Gasteiger partial charge in [0.15, 0.2) is 0 Å². The molecule has 1 aromatic rings. The third kappa shape index (κ3) is 3.96. The van der Waals surface area contributed by atoms with Crippen molar-refractivity contribution >= 4 is 11.6 Å². The molecular weight excluding hydrogens is 236 g/mol. The maximum Gasteiger partial charge on any atom is 0.0795 e. The predicted octanol–water partition coefficient (Wildman–Crippen LogP) is 1.54. The number of piperidine rings is 1. The van der Waals surface area contributed by atoms with Crippen molar-refractivity contribution in [3.63, 3.8) is 0 Å². The maximum atomic E-state index is 10.3. The minimum atomic E-state index is -0.544. The Kier molecular flexibility index (Phi) is 4.40. The summed E-state index contributed by atoms with van der Waals surface area (Å²) in [6.07, 6.45) is 1.64. The lowest BCUT2D eigenvalue weighted by Crippen LogP contribution is -2.48. The van der Waals surface area contributed by atoms with E-state index in [2.05, 4.69) is 10.6 Å². The standard InChI is InChI=1S/C13H19ClN2O/c14-12-3-1-11(2-4-12)9-16-10-13(17)5-7-15-8-6-13/h1-4,15-17H,5-10H2. The fourth-order valence-corrected chi connectivity index (χ4v) is 2.24. The molecule has 2 rings (SSSR count). The average Bonchev–Trinajstić information content (AvgIpc) is 2.32. The third-order valence-electron chi connectivity index (χ3n) is 3.23. The Balaban J connectivity index is 1.77. The van der Waals surface area contributed by atoms with E-state index in [1.807, 2.05) is 24.3 Å². The van der Waals surface area contributed by atoms with Gasteiger partial charge in [0, 0.05) is 18.1 Å². The molecule has 0 bridgehead atoms. The fraction of sp³-hybridized carbons (Fsp3) is 0.538. The number of hydrogen-bond donors (Lipinski definition) is 3. The predicted molar refractivity (Wildman–Crippen MR) is 70.2 cm³/mol. The molecule has 0 aliphatic carbocycles. The first kappa shape index (κ1) is 12.8. The number of halogens is 1. The Labute approximate surface area is 107 Å². The molecule has 0 unspecified atom stereocenters. The second-order valence-electron chi connectivity index (χ2n) is 4.70. The van der Waals surface area contributed by atoms with Crippen LogP contribution in [0.1, 0.15) is 18.4 Å². The van der Waals surface area contributed by atoms with E-state index in [0.717, 1.165) is 37.5 Å². The van der Waals surface area contributed by atoms with Crippen molar-refractivity contribution in [2.24, 2.45) is 0 Å². The molecule has 1 fully saturated rings. The van der Waals surface area contributed by atoms with Crippen molar-refractivity contribution in [1.82, 2.24) is 10.6 Å². The molecule has 1 aliphatic heterocycles. The lowest BCUT2D eigenvalue weighted by molar-refractivity contribution is 0.0109. The summed E-state index contributed by atoms with van der Waals surface area (Å²) in [7, 11) is 0. The van der Waals surface area contributed by atoms with Gasteiger partial charge in [-0.25, -0.2) is 0 Å². The Morgan fingerprint density at radius 2 is 1.88 bits per heavy atom. The van der Waals surface area contributed by atoms with Crippen LogP contribution in [0, 0.1) is 0 Å². The molecule has 3 nitrogen and oxygen atoms in total. The number of benzene rings is 1.